The van der Waals surface area contributed by atoms with Gasteiger partial charge in [0.15, 0.2) is 0 Å². The average molecular weight is 1000 g/mol. The number of ether oxygens (including phenoxy) is 3. The van der Waals surface area contributed by atoms with Crippen molar-refractivity contribution in [3.8, 4) is 68.4 Å². The molecule has 2 saturated heterocycles. The molecule has 2 aliphatic rings. The molecule has 0 radical (unpaired) electrons. The fourth-order valence-corrected chi connectivity index (χ4v) is 9.48. The van der Waals surface area contributed by atoms with E-state index in [1.54, 1.807) is 31.3 Å². The summed E-state index contributed by atoms with van der Waals surface area (Å²) in [5, 5.41) is 21.1. The topological polar surface area (TPSA) is 142 Å². The number of pyridine rings is 2. The van der Waals surface area contributed by atoms with E-state index in [1.165, 1.54) is 42.1 Å². The summed E-state index contributed by atoms with van der Waals surface area (Å²) in [4.78, 5) is 38.6. The third kappa shape index (κ3) is 13.0. The fraction of sp³-hybridized carbons (Fsp3) is 0.269. The summed E-state index contributed by atoms with van der Waals surface area (Å²) in [5.41, 5.74) is 7.11. The molecule has 0 bridgehead atoms. The summed E-state index contributed by atoms with van der Waals surface area (Å²) >= 11 is 6.06. The van der Waals surface area contributed by atoms with Gasteiger partial charge in [0.1, 0.15) is 39.5 Å². The largest absolute Gasteiger partial charge is 0.497 e. The number of nitriles is 2. The van der Waals surface area contributed by atoms with Gasteiger partial charge in [-0.3, -0.25) is 9.59 Å². The van der Waals surface area contributed by atoms with Crippen molar-refractivity contribution in [3.05, 3.63) is 131 Å². The van der Waals surface area contributed by atoms with E-state index in [1.807, 2.05) is 89.8 Å². The van der Waals surface area contributed by atoms with Crippen molar-refractivity contribution in [2.75, 3.05) is 65.1 Å². The molecule has 0 aliphatic carbocycles. The van der Waals surface area contributed by atoms with Gasteiger partial charge in [-0.1, -0.05) is 83.3 Å². The monoisotopic (exact) mass is 1000 g/mol. The first-order chi connectivity index (χ1) is 32.2. The molecule has 0 saturated carbocycles. The third-order valence-electron chi connectivity index (χ3n) is 11.0. The van der Waals surface area contributed by atoms with Crippen molar-refractivity contribution in [2.45, 2.75) is 36.7 Å². The summed E-state index contributed by atoms with van der Waals surface area (Å²) in [5.74, 6) is 1.63. The van der Waals surface area contributed by atoms with E-state index < -0.39 is 0 Å². The van der Waals surface area contributed by atoms with Gasteiger partial charge < -0.3 is 24.0 Å². The highest BCUT2D eigenvalue weighted by atomic mass is 79.9. The number of hydrogen-bond acceptors (Lipinski definition) is 11. The number of rotatable bonds is 12. The van der Waals surface area contributed by atoms with Gasteiger partial charge in [0.05, 0.1) is 61.5 Å². The third-order valence-corrected chi connectivity index (χ3v) is 13.5. The molecule has 0 spiro atoms. The molecular formula is C52H50BrFN6O5S2. The smallest absolute Gasteiger partial charge is 0.233 e. The van der Waals surface area contributed by atoms with Crippen LogP contribution in [0.3, 0.4) is 0 Å². The maximum absolute atomic E-state index is 13.5. The lowest BCUT2D eigenvalue weighted by atomic mass is 9.99. The number of thioether (sulfide) groups is 2. The number of benzene rings is 4. The highest BCUT2D eigenvalue weighted by Crippen LogP contribution is 2.37. The fourth-order valence-electron chi connectivity index (χ4n) is 7.40. The Morgan fingerprint density at radius 1 is 0.642 bits per heavy atom. The van der Waals surface area contributed by atoms with E-state index in [0.29, 0.717) is 64.5 Å². The molecule has 2 aliphatic heterocycles. The summed E-state index contributed by atoms with van der Waals surface area (Å²) < 4.78 is 30.3. The Balaban J connectivity index is 0.000000218. The molecule has 2 amide bonds. The number of amides is 2. The zero-order chi connectivity index (χ0) is 46.4. The number of halogens is 2. The molecule has 11 nitrogen and oxygen atoms in total. The van der Waals surface area contributed by atoms with Gasteiger partial charge >= 0.3 is 0 Å². The van der Waals surface area contributed by atoms with Gasteiger partial charge in [0, 0.05) is 52.9 Å². The van der Waals surface area contributed by atoms with Crippen molar-refractivity contribution in [1.29, 1.82) is 10.5 Å². The molecule has 2 fully saturated rings. The number of carbonyl (C=O) groups excluding carboxylic acids is 2. The van der Waals surface area contributed by atoms with Crippen LogP contribution in [0.5, 0.6) is 11.5 Å². The Labute approximate surface area is 408 Å². The second kappa shape index (κ2) is 24.5. The van der Waals surface area contributed by atoms with E-state index in [-0.39, 0.29) is 36.6 Å². The van der Waals surface area contributed by atoms with E-state index in [0.717, 1.165) is 69.7 Å². The number of methoxy groups -OCH3 is 2. The first kappa shape index (κ1) is 50.2. The van der Waals surface area contributed by atoms with Crippen molar-refractivity contribution in [3.63, 3.8) is 0 Å². The number of carbonyl (C=O) groups is 2. The van der Waals surface area contributed by atoms with E-state index in [9.17, 15) is 24.5 Å². The highest BCUT2D eigenvalue weighted by molar-refractivity contribution is 9.10. The van der Waals surface area contributed by atoms with Crippen molar-refractivity contribution in [2.24, 2.45) is 0 Å². The molecule has 8 rings (SSSR count). The van der Waals surface area contributed by atoms with Crippen LogP contribution in [0.4, 0.5) is 4.39 Å². The van der Waals surface area contributed by atoms with Crippen LogP contribution >= 0.6 is 39.5 Å². The number of morpholine rings is 1. The highest BCUT2D eigenvalue weighted by Gasteiger charge is 2.23. The zero-order valence-corrected chi connectivity index (χ0v) is 39.7. The number of aromatic nitrogens is 2. The number of nitrogens with zero attached hydrogens (tertiary/aromatic N) is 6. The molecule has 0 N–H and O–H groups in total. The zero-order valence-electron chi connectivity index (χ0n) is 36.5. The van der Waals surface area contributed by atoms with Crippen LogP contribution in [0.25, 0.3) is 44.8 Å². The van der Waals surface area contributed by atoms with Crippen LogP contribution in [-0.4, -0.2) is 96.7 Å². The van der Waals surface area contributed by atoms with Crippen LogP contribution in [0, 0.1) is 28.5 Å². The van der Waals surface area contributed by atoms with Crippen molar-refractivity contribution < 1.29 is 28.2 Å². The number of piperidine rings is 1. The number of hydrogen-bond donors (Lipinski definition) is 0. The predicted octanol–water partition coefficient (Wildman–Crippen LogP) is 11.2. The molecule has 344 valence electrons. The first-order valence-corrected chi connectivity index (χ1v) is 24.0. The van der Waals surface area contributed by atoms with Gasteiger partial charge in [0.25, 0.3) is 0 Å². The second-order valence-electron chi connectivity index (χ2n) is 15.2. The van der Waals surface area contributed by atoms with E-state index >= 15 is 0 Å². The Morgan fingerprint density at radius 2 is 1.04 bits per heavy atom. The molecule has 2 aromatic heterocycles. The SMILES string of the molecule is C.COc1ccc(-c2cc(-c3ccc(Br)cc3)nc(SCC(=O)N3CCCCC3)c2C#N)cc1.COc1ccc(-c2cc(-c3ccc(F)cc3)nc(SCC(=O)N3CCOCC3)c2C#N)cc1. The number of likely N-dealkylation sites (tertiary alicyclic amines) is 1. The second-order valence-corrected chi connectivity index (χ2v) is 18.0. The van der Waals surface area contributed by atoms with Gasteiger partial charge in [-0.05, 0) is 103 Å². The van der Waals surface area contributed by atoms with Gasteiger partial charge in [-0.2, -0.15) is 10.5 Å². The van der Waals surface area contributed by atoms with Crippen LogP contribution in [0.15, 0.2) is 124 Å². The molecule has 6 aromatic rings. The van der Waals surface area contributed by atoms with E-state index in [4.69, 9.17) is 19.2 Å². The lowest BCUT2D eigenvalue weighted by molar-refractivity contribution is -0.132. The average Bonchev–Trinajstić information content (AvgIpc) is 3.37. The van der Waals surface area contributed by atoms with Crippen molar-refractivity contribution in [1.82, 2.24) is 19.8 Å². The van der Waals surface area contributed by atoms with Gasteiger partial charge in [-0.15, -0.1) is 0 Å². The molecular weight excluding hydrogens is 952 g/mol. The Bertz CT molecular complexity index is 2530. The first-order valence-electron chi connectivity index (χ1n) is 21.3. The maximum atomic E-state index is 13.5. The van der Waals surface area contributed by atoms with Crippen LogP contribution in [0.2, 0.25) is 0 Å². The molecule has 15 heteroatoms. The van der Waals surface area contributed by atoms with Gasteiger partial charge in [0.2, 0.25) is 11.8 Å². The summed E-state index contributed by atoms with van der Waals surface area (Å²) in [7, 11) is 3.22. The Kier molecular flexibility index (Phi) is 18.4. The minimum absolute atomic E-state index is 0. The molecule has 0 unspecified atom stereocenters. The standard InChI is InChI=1S/C26H24BrN3O2S.C25H22FN3O3S.CH4/c1-32-21-11-7-18(8-12-21)22-15-24(19-5-9-20(27)10-6-19)29-26(23(22)16-28)33-17-25(31)30-13-3-2-4-14-30;1-31-20-8-4-17(5-9-20)21-14-23(18-2-6-19(26)7-3-18)28-25(22(21)15-27)33-16-24(30)29-10-12-32-13-11-29;/h5-12,15H,2-4,13-14,17H2,1H3;2-9,14H,10-13,16H2,1H3;1H4. The quantitative estimate of drug-likeness (QED) is 0.108. The summed E-state index contributed by atoms with van der Waals surface area (Å²) in [6, 6.07) is 37.3. The molecule has 4 heterocycles. The minimum Gasteiger partial charge on any atom is -0.497 e. The molecule has 4 aromatic carbocycles. The van der Waals surface area contributed by atoms with Crippen LogP contribution in [0.1, 0.15) is 37.8 Å². The molecule has 0 atom stereocenters. The summed E-state index contributed by atoms with van der Waals surface area (Å²) in [6.07, 6.45) is 3.29. The lowest BCUT2D eigenvalue weighted by Crippen LogP contribution is -2.41. The van der Waals surface area contributed by atoms with E-state index in [2.05, 4.69) is 33.1 Å². The van der Waals surface area contributed by atoms with Crippen LogP contribution < -0.4 is 9.47 Å². The van der Waals surface area contributed by atoms with Crippen LogP contribution in [-0.2, 0) is 14.3 Å². The Morgan fingerprint density at radius 3 is 1.46 bits per heavy atom. The predicted molar refractivity (Wildman–Crippen MR) is 266 cm³/mol. The maximum Gasteiger partial charge on any atom is 0.233 e. The van der Waals surface area contributed by atoms with Gasteiger partial charge in [-0.25, -0.2) is 14.4 Å². The summed E-state index contributed by atoms with van der Waals surface area (Å²) in [6.45, 7) is 3.80. The minimum atomic E-state index is -0.339. The molecule has 67 heavy (non-hydrogen) atoms. The normalized spacial score (nSPS) is 13.2. The lowest BCUT2D eigenvalue weighted by Gasteiger charge is -2.26. The van der Waals surface area contributed by atoms with Crippen molar-refractivity contribution >= 4 is 51.3 Å². The Hall–Kier alpha value is -6.23.